The third-order valence-electron chi connectivity index (χ3n) is 2.08. The molecule has 0 aliphatic carbocycles. The Morgan fingerprint density at radius 3 is 2.62 bits per heavy atom. The van der Waals surface area contributed by atoms with E-state index >= 15 is 0 Å². The second-order valence-corrected chi connectivity index (χ2v) is 3.72. The van der Waals surface area contributed by atoms with Crippen molar-refractivity contribution < 1.29 is 9.90 Å². The first-order chi connectivity index (χ1) is 7.74. The molecule has 88 valence electrons. The predicted octanol–water partition coefficient (Wildman–Crippen LogP) is 1.02. The molecular formula is C11H15ClN2O2. The number of rotatable bonds is 7. The molecule has 1 atom stereocenters. The number of halogens is 1. The number of carbonyl (C=O) groups is 1. The van der Waals surface area contributed by atoms with Crippen LogP contribution in [0.25, 0.3) is 0 Å². The van der Waals surface area contributed by atoms with E-state index in [-0.39, 0.29) is 0 Å². The fourth-order valence-corrected chi connectivity index (χ4v) is 1.39. The van der Waals surface area contributed by atoms with Crippen LogP contribution in [0.5, 0.6) is 0 Å². The van der Waals surface area contributed by atoms with E-state index in [1.807, 2.05) is 30.3 Å². The van der Waals surface area contributed by atoms with Crippen LogP contribution in [0.3, 0.4) is 0 Å². The average molecular weight is 243 g/mol. The fourth-order valence-electron chi connectivity index (χ4n) is 1.29. The van der Waals surface area contributed by atoms with E-state index in [4.69, 9.17) is 16.7 Å². The molecule has 0 fully saturated rings. The summed E-state index contributed by atoms with van der Waals surface area (Å²) in [5.41, 5.74) is 6.49. The molecule has 5 heteroatoms. The molecule has 1 aromatic rings. The van der Waals surface area contributed by atoms with Crippen LogP contribution >= 0.6 is 11.6 Å². The zero-order valence-electron chi connectivity index (χ0n) is 8.82. The van der Waals surface area contributed by atoms with Crippen LogP contribution in [0.15, 0.2) is 30.3 Å². The third kappa shape index (κ3) is 4.61. The normalized spacial score (nSPS) is 12.3. The molecular weight excluding hydrogens is 228 g/mol. The van der Waals surface area contributed by atoms with Crippen molar-refractivity contribution in [1.29, 1.82) is 0 Å². The minimum atomic E-state index is -0.883. The molecule has 0 unspecified atom stereocenters. The fraction of sp³-hybridized carbons (Fsp3) is 0.364. The van der Waals surface area contributed by atoms with Gasteiger partial charge in [-0.25, -0.2) is 5.43 Å². The molecule has 16 heavy (non-hydrogen) atoms. The molecule has 3 N–H and O–H groups in total. The Labute approximate surface area is 99.6 Å². The summed E-state index contributed by atoms with van der Waals surface area (Å²) in [5, 5.41) is 9.00. The van der Waals surface area contributed by atoms with Crippen molar-refractivity contribution in [2.45, 2.75) is 12.5 Å². The summed E-state index contributed by atoms with van der Waals surface area (Å²) in [7, 11) is 0. The minimum absolute atomic E-state index is 0.435. The highest BCUT2D eigenvalue weighted by atomic mass is 35.5. The van der Waals surface area contributed by atoms with Crippen molar-refractivity contribution in [3.05, 3.63) is 35.9 Å². The van der Waals surface area contributed by atoms with Gasteiger partial charge in [-0.3, -0.25) is 10.2 Å². The zero-order chi connectivity index (χ0) is 11.8. The highest BCUT2D eigenvalue weighted by molar-refractivity contribution is 6.18. The lowest BCUT2D eigenvalue weighted by atomic mass is 10.1. The number of carboxylic acids is 1. The first-order valence-corrected chi connectivity index (χ1v) is 5.58. The number of benzene rings is 1. The van der Waals surface area contributed by atoms with E-state index < -0.39 is 12.0 Å². The molecule has 0 spiro atoms. The van der Waals surface area contributed by atoms with Gasteiger partial charge in [0.05, 0.1) is 0 Å². The first-order valence-electron chi connectivity index (χ1n) is 5.05. The van der Waals surface area contributed by atoms with Crippen LogP contribution in [0.2, 0.25) is 0 Å². The molecule has 0 radical (unpaired) electrons. The maximum Gasteiger partial charge on any atom is 0.322 e. The number of aliphatic carboxylic acids is 1. The molecule has 0 heterocycles. The van der Waals surface area contributed by atoms with E-state index in [1.165, 1.54) is 0 Å². The highest BCUT2D eigenvalue weighted by Gasteiger charge is 2.16. The lowest BCUT2D eigenvalue weighted by Crippen LogP contribution is -2.47. The van der Waals surface area contributed by atoms with Gasteiger partial charge >= 0.3 is 5.97 Å². The van der Waals surface area contributed by atoms with E-state index in [2.05, 4.69) is 10.9 Å². The maximum absolute atomic E-state index is 11.0. The van der Waals surface area contributed by atoms with Gasteiger partial charge in [0, 0.05) is 12.4 Å². The molecule has 4 nitrogen and oxygen atoms in total. The highest BCUT2D eigenvalue weighted by Crippen LogP contribution is 2.02. The average Bonchev–Trinajstić information content (AvgIpc) is 2.29. The second-order valence-electron chi connectivity index (χ2n) is 3.34. The van der Waals surface area contributed by atoms with Crippen molar-refractivity contribution >= 4 is 17.6 Å². The quantitative estimate of drug-likeness (QED) is 0.380. The lowest BCUT2D eigenvalue weighted by molar-refractivity contribution is -0.139. The standard InChI is InChI=1S/C11H15ClN2O2/c12-6-7-13-14-10(11(15)16)8-9-4-2-1-3-5-9/h1-5,10,13-14H,6-8H2,(H,15,16)/t10-/m0/s1. The Morgan fingerprint density at radius 2 is 2.06 bits per heavy atom. The van der Waals surface area contributed by atoms with E-state index in [0.717, 1.165) is 5.56 Å². The zero-order valence-corrected chi connectivity index (χ0v) is 9.57. The molecule has 0 aromatic heterocycles. The van der Waals surface area contributed by atoms with Gasteiger partial charge in [-0.2, -0.15) is 0 Å². The van der Waals surface area contributed by atoms with E-state index in [9.17, 15) is 4.79 Å². The lowest BCUT2D eigenvalue weighted by Gasteiger charge is -2.14. The molecule has 0 saturated carbocycles. The maximum atomic E-state index is 11.0. The van der Waals surface area contributed by atoms with Gasteiger partial charge in [0.15, 0.2) is 0 Å². The number of nitrogens with one attached hydrogen (secondary N) is 2. The van der Waals surface area contributed by atoms with Crippen LogP contribution in [-0.2, 0) is 11.2 Å². The minimum Gasteiger partial charge on any atom is -0.480 e. The molecule has 0 saturated heterocycles. The summed E-state index contributed by atoms with van der Waals surface area (Å²) in [6.07, 6.45) is 0.436. The number of hydrogen-bond donors (Lipinski definition) is 3. The SMILES string of the molecule is O=C(O)[C@H](Cc1ccccc1)NNCCCl. The molecule has 1 rings (SSSR count). The monoisotopic (exact) mass is 242 g/mol. The van der Waals surface area contributed by atoms with Crippen molar-refractivity contribution in [2.24, 2.45) is 0 Å². The second kappa shape index (κ2) is 7.22. The van der Waals surface area contributed by atoms with E-state index in [0.29, 0.717) is 18.8 Å². The van der Waals surface area contributed by atoms with Gasteiger partial charge in [-0.05, 0) is 12.0 Å². The summed E-state index contributed by atoms with van der Waals surface area (Å²) in [4.78, 5) is 11.0. The topological polar surface area (TPSA) is 61.4 Å². The number of alkyl halides is 1. The third-order valence-corrected chi connectivity index (χ3v) is 2.27. The van der Waals surface area contributed by atoms with Gasteiger partial charge in [-0.1, -0.05) is 30.3 Å². The van der Waals surface area contributed by atoms with Crippen LogP contribution in [0, 0.1) is 0 Å². The summed E-state index contributed by atoms with van der Waals surface area (Å²) in [6.45, 7) is 0.528. The summed E-state index contributed by atoms with van der Waals surface area (Å²) < 4.78 is 0. The van der Waals surface area contributed by atoms with Crippen LogP contribution in [0.1, 0.15) is 5.56 Å². The van der Waals surface area contributed by atoms with Gasteiger partial charge < -0.3 is 5.11 Å². The molecule has 0 aliphatic rings. The van der Waals surface area contributed by atoms with Gasteiger partial charge in [-0.15, -0.1) is 11.6 Å². The van der Waals surface area contributed by atoms with Crippen LogP contribution < -0.4 is 10.9 Å². The number of carboxylic acid groups (broad SMARTS) is 1. The predicted molar refractivity (Wildman–Crippen MR) is 63.4 cm³/mol. The smallest absolute Gasteiger partial charge is 0.322 e. The van der Waals surface area contributed by atoms with Gasteiger partial charge in [0.1, 0.15) is 6.04 Å². The summed E-state index contributed by atoms with van der Waals surface area (Å²) in [5.74, 6) is -0.448. The van der Waals surface area contributed by atoms with Crippen molar-refractivity contribution in [2.75, 3.05) is 12.4 Å². The summed E-state index contributed by atoms with van der Waals surface area (Å²) >= 11 is 5.47. The Kier molecular flexibility index (Phi) is 5.85. The Hall–Kier alpha value is -1.10. The molecule has 0 aliphatic heterocycles. The number of hydrogen-bond acceptors (Lipinski definition) is 3. The summed E-state index contributed by atoms with van der Waals surface area (Å²) in [6, 6.07) is 8.84. The van der Waals surface area contributed by atoms with Crippen molar-refractivity contribution in [3.63, 3.8) is 0 Å². The molecule has 0 bridgehead atoms. The Bertz CT molecular complexity index is 319. The van der Waals surface area contributed by atoms with Crippen molar-refractivity contribution in [1.82, 2.24) is 10.9 Å². The largest absolute Gasteiger partial charge is 0.480 e. The molecule has 0 amide bonds. The van der Waals surface area contributed by atoms with Crippen molar-refractivity contribution in [3.8, 4) is 0 Å². The number of hydrazine groups is 1. The molecule has 1 aromatic carbocycles. The first kappa shape index (κ1) is 13.0. The Balaban J connectivity index is 2.48. The van der Waals surface area contributed by atoms with E-state index in [1.54, 1.807) is 0 Å². The van der Waals surface area contributed by atoms with Crippen LogP contribution in [-0.4, -0.2) is 29.5 Å². The van der Waals surface area contributed by atoms with Gasteiger partial charge in [0.25, 0.3) is 0 Å². The van der Waals surface area contributed by atoms with Crippen LogP contribution in [0.4, 0.5) is 0 Å². The van der Waals surface area contributed by atoms with Gasteiger partial charge in [0.2, 0.25) is 0 Å². The Morgan fingerprint density at radius 1 is 1.38 bits per heavy atom.